The molecule has 15 heavy (non-hydrogen) atoms. The fraction of sp³-hybridized carbons (Fsp3) is 0.750. The average Bonchev–Trinajstić information content (AvgIpc) is 2.24. The van der Waals surface area contributed by atoms with E-state index in [1.807, 2.05) is 0 Å². The molecule has 1 fully saturated rings. The van der Waals surface area contributed by atoms with E-state index in [-0.39, 0.29) is 0 Å². The molecular weight excluding hydrogens is 192 g/mol. The molecule has 0 bridgehead atoms. The van der Waals surface area contributed by atoms with Crippen molar-refractivity contribution in [2.24, 2.45) is 5.92 Å². The smallest absolute Gasteiger partial charge is 0.328 e. The van der Waals surface area contributed by atoms with Gasteiger partial charge in [-0.25, -0.2) is 4.79 Å². The number of rotatable bonds is 5. The quantitative estimate of drug-likeness (QED) is 0.712. The van der Waals surface area contributed by atoms with Gasteiger partial charge in [-0.1, -0.05) is 32.3 Å². The summed E-state index contributed by atoms with van der Waals surface area (Å²) < 4.78 is 5.69. The molecule has 3 nitrogen and oxygen atoms in total. The first-order chi connectivity index (χ1) is 7.24. The van der Waals surface area contributed by atoms with Crippen molar-refractivity contribution in [2.45, 2.75) is 45.1 Å². The van der Waals surface area contributed by atoms with Crippen molar-refractivity contribution >= 4 is 5.97 Å². The summed E-state index contributed by atoms with van der Waals surface area (Å²) in [6.45, 7) is 2.62. The maximum Gasteiger partial charge on any atom is 0.328 e. The van der Waals surface area contributed by atoms with E-state index in [1.165, 1.54) is 19.3 Å². The van der Waals surface area contributed by atoms with Crippen LogP contribution >= 0.6 is 0 Å². The second-order valence-electron chi connectivity index (χ2n) is 4.07. The van der Waals surface area contributed by atoms with Gasteiger partial charge in [0.1, 0.15) is 0 Å². The summed E-state index contributed by atoms with van der Waals surface area (Å²) in [5, 5.41) is 8.41. The highest BCUT2D eigenvalue weighted by atomic mass is 16.5. The zero-order valence-electron chi connectivity index (χ0n) is 9.32. The average molecular weight is 212 g/mol. The third-order valence-corrected chi connectivity index (χ3v) is 3.03. The molecule has 1 saturated carbocycles. The molecule has 1 aliphatic carbocycles. The van der Waals surface area contributed by atoms with Crippen molar-refractivity contribution in [3.05, 3.63) is 12.2 Å². The first-order valence-corrected chi connectivity index (χ1v) is 5.75. The Morgan fingerprint density at radius 3 is 2.87 bits per heavy atom. The molecule has 0 saturated heterocycles. The van der Waals surface area contributed by atoms with Gasteiger partial charge in [-0.15, -0.1) is 0 Å². The monoisotopic (exact) mass is 212 g/mol. The van der Waals surface area contributed by atoms with Crippen molar-refractivity contribution in [3.63, 3.8) is 0 Å². The third-order valence-electron chi connectivity index (χ3n) is 3.03. The molecule has 0 aromatic rings. The van der Waals surface area contributed by atoms with Crippen molar-refractivity contribution in [1.29, 1.82) is 0 Å². The fourth-order valence-electron chi connectivity index (χ4n) is 2.19. The molecule has 0 radical (unpaired) electrons. The molecule has 0 aromatic heterocycles. The van der Waals surface area contributed by atoms with Crippen LogP contribution in [-0.2, 0) is 9.53 Å². The zero-order chi connectivity index (χ0) is 11.1. The van der Waals surface area contributed by atoms with E-state index in [2.05, 4.69) is 6.92 Å². The molecule has 2 unspecified atom stereocenters. The van der Waals surface area contributed by atoms with E-state index in [9.17, 15) is 4.79 Å². The number of carboxylic acid groups (broad SMARTS) is 1. The highest BCUT2D eigenvalue weighted by Crippen LogP contribution is 2.28. The summed E-state index contributed by atoms with van der Waals surface area (Å²) in [5.74, 6) is -0.244. The standard InChI is InChI=1S/C12H20O3/c1-2-10-6-3-4-7-11(10)15-9-5-8-12(13)14/h5,8,10-11H,2-4,6-7,9H2,1H3,(H,13,14). The first-order valence-electron chi connectivity index (χ1n) is 5.75. The maximum absolute atomic E-state index is 10.2. The van der Waals surface area contributed by atoms with Crippen LogP contribution in [0.1, 0.15) is 39.0 Å². The Labute approximate surface area is 91.1 Å². The van der Waals surface area contributed by atoms with Crippen molar-refractivity contribution < 1.29 is 14.6 Å². The van der Waals surface area contributed by atoms with Crippen LogP contribution in [0, 0.1) is 5.92 Å². The normalized spacial score (nSPS) is 27.0. The van der Waals surface area contributed by atoms with Crippen LogP contribution in [0.2, 0.25) is 0 Å². The summed E-state index contributed by atoms with van der Waals surface area (Å²) in [5.41, 5.74) is 0. The molecule has 0 aromatic carbocycles. The lowest BCUT2D eigenvalue weighted by Gasteiger charge is -2.30. The van der Waals surface area contributed by atoms with E-state index in [4.69, 9.17) is 9.84 Å². The van der Waals surface area contributed by atoms with Crippen molar-refractivity contribution in [3.8, 4) is 0 Å². The van der Waals surface area contributed by atoms with Crippen LogP contribution in [-0.4, -0.2) is 23.8 Å². The number of hydrogen-bond donors (Lipinski definition) is 1. The molecule has 0 heterocycles. The van der Waals surface area contributed by atoms with Gasteiger partial charge in [0.05, 0.1) is 12.7 Å². The van der Waals surface area contributed by atoms with Gasteiger partial charge in [-0.3, -0.25) is 0 Å². The molecule has 0 spiro atoms. The molecular formula is C12H20O3. The second kappa shape index (κ2) is 6.62. The predicted octanol–water partition coefficient (Wildman–Crippen LogP) is 2.61. The molecule has 3 heteroatoms. The topological polar surface area (TPSA) is 46.5 Å². The van der Waals surface area contributed by atoms with Gasteiger partial charge in [0.15, 0.2) is 0 Å². The van der Waals surface area contributed by atoms with E-state index >= 15 is 0 Å². The van der Waals surface area contributed by atoms with Crippen LogP contribution < -0.4 is 0 Å². The number of carbonyl (C=O) groups is 1. The van der Waals surface area contributed by atoms with E-state index < -0.39 is 5.97 Å². The summed E-state index contributed by atoms with van der Waals surface area (Å²) in [6, 6.07) is 0. The Bertz CT molecular complexity index is 223. The Hall–Kier alpha value is -0.830. The summed E-state index contributed by atoms with van der Waals surface area (Å²) in [6.07, 6.45) is 9.14. The number of aliphatic carboxylic acids is 1. The molecule has 2 atom stereocenters. The highest BCUT2D eigenvalue weighted by Gasteiger charge is 2.23. The summed E-state index contributed by atoms with van der Waals surface area (Å²) in [4.78, 5) is 10.2. The maximum atomic E-state index is 10.2. The first kappa shape index (κ1) is 12.2. The summed E-state index contributed by atoms with van der Waals surface area (Å²) in [7, 11) is 0. The molecule has 1 aliphatic rings. The predicted molar refractivity (Wildman–Crippen MR) is 58.8 cm³/mol. The molecule has 0 amide bonds. The Balaban J connectivity index is 2.26. The fourth-order valence-corrected chi connectivity index (χ4v) is 2.19. The summed E-state index contributed by atoms with van der Waals surface area (Å²) >= 11 is 0. The number of ether oxygens (including phenoxy) is 1. The van der Waals surface area contributed by atoms with E-state index in [0.29, 0.717) is 18.6 Å². The molecule has 1 rings (SSSR count). The van der Waals surface area contributed by atoms with Crippen molar-refractivity contribution in [2.75, 3.05) is 6.61 Å². The van der Waals surface area contributed by atoms with E-state index in [0.717, 1.165) is 18.9 Å². The third kappa shape index (κ3) is 4.47. The van der Waals surface area contributed by atoms with Crippen LogP contribution in [0.3, 0.4) is 0 Å². The lowest BCUT2D eigenvalue weighted by Crippen LogP contribution is -2.27. The lowest BCUT2D eigenvalue weighted by molar-refractivity contribution is -0.131. The van der Waals surface area contributed by atoms with Gasteiger partial charge in [-0.05, 0) is 18.8 Å². The molecule has 1 N–H and O–H groups in total. The van der Waals surface area contributed by atoms with Gasteiger partial charge in [-0.2, -0.15) is 0 Å². The number of hydrogen-bond acceptors (Lipinski definition) is 2. The molecule has 0 aliphatic heterocycles. The Morgan fingerprint density at radius 2 is 2.20 bits per heavy atom. The van der Waals surface area contributed by atoms with Gasteiger partial charge in [0, 0.05) is 6.08 Å². The minimum Gasteiger partial charge on any atom is -0.478 e. The lowest BCUT2D eigenvalue weighted by atomic mass is 9.85. The Morgan fingerprint density at radius 1 is 1.47 bits per heavy atom. The van der Waals surface area contributed by atoms with Crippen LogP contribution in [0.5, 0.6) is 0 Å². The van der Waals surface area contributed by atoms with Gasteiger partial charge < -0.3 is 9.84 Å². The SMILES string of the molecule is CCC1CCCCC1OCC=CC(=O)O. The van der Waals surface area contributed by atoms with Crippen LogP contribution in [0.4, 0.5) is 0 Å². The molecule has 86 valence electrons. The van der Waals surface area contributed by atoms with Gasteiger partial charge >= 0.3 is 5.97 Å². The van der Waals surface area contributed by atoms with Crippen LogP contribution in [0.15, 0.2) is 12.2 Å². The van der Waals surface area contributed by atoms with Crippen LogP contribution in [0.25, 0.3) is 0 Å². The van der Waals surface area contributed by atoms with Crippen molar-refractivity contribution in [1.82, 2.24) is 0 Å². The Kier molecular flexibility index (Phi) is 5.40. The highest BCUT2D eigenvalue weighted by molar-refractivity contribution is 5.79. The van der Waals surface area contributed by atoms with Gasteiger partial charge in [0.25, 0.3) is 0 Å². The largest absolute Gasteiger partial charge is 0.478 e. The van der Waals surface area contributed by atoms with Gasteiger partial charge in [0.2, 0.25) is 0 Å². The minimum atomic E-state index is -0.908. The zero-order valence-corrected chi connectivity index (χ0v) is 9.32. The second-order valence-corrected chi connectivity index (χ2v) is 4.07. The number of carboxylic acids is 1. The minimum absolute atomic E-state index is 0.335. The van der Waals surface area contributed by atoms with E-state index in [1.54, 1.807) is 6.08 Å².